The number of carbonyl (C=O) groups is 1. The highest BCUT2D eigenvalue weighted by molar-refractivity contribution is 9.10. The first-order valence-corrected chi connectivity index (χ1v) is 8.13. The molecule has 2 aromatic rings. The van der Waals surface area contributed by atoms with E-state index in [1.807, 2.05) is 24.3 Å². The highest BCUT2D eigenvalue weighted by Crippen LogP contribution is 2.24. The van der Waals surface area contributed by atoms with Gasteiger partial charge in [0.1, 0.15) is 0 Å². The third-order valence-electron chi connectivity index (χ3n) is 3.87. The third kappa shape index (κ3) is 3.53. The number of rotatable bonds is 2. The predicted molar refractivity (Wildman–Crippen MR) is 88.5 cm³/mol. The van der Waals surface area contributed by atoms with Gasteiger partial charge in [-0.3, -0.25) is 4.98 Å². The van der Waals surface area contributed by atoms with Crippen LogP contribution in [0.15, 0.2) is 34.9 Å². The molecular formula is C16H18BrN3O. The number of hydrogen-bond donors (Lipinski definition) is 2. The molecule has 2 N–H and O–H groups in total. The molecule has 0 unspecified atom stereocenters. The highest BCUT2D eigenvalue weighted by Gasteiger charge is 2.16. The van der Waals surface area contributed by atoms with Crippen LogP contribution in [0.1, 0.15) is 32.1 Å². The topological polar surface area (TPSA) is 54.0 Å². The number of nitrogens with zero attached hydrogens (tertiary/aromatic N) is 1. The molecule has 1 aliphatic carbocycles. The minimum absolute atomic E-state index is 0.140. The van der Waals surface area contributed by atoms with Gasteiger partial charge in [0.15, 0.2) is 0 Å². The number of benzene rings is 1. The van der Waals surface area contributed by atoms with E-state index in [0.717, 1.165) is 33.9 Å². The van der Waals surface area contributed by atoms with E-state index in [9.17, 15) is 4.79 Å². The number of carbonyl (C=O) groups excluding carboxylic acids is 1. The summed E-state index contributed by atoms with van der Waals surface area (Å²) in [6, 6.07) is 7.94. The van der Waals surface area contributed by atoms with Crippen molar-refractivity contribution in [1.29, 1.82) is 0 Å². The van der Waals surface area contributed by atoms with E-state index in [4.69, 9.17) is 0 Å². The first-order valence-electron chi connectivity index (χ1n) is 7.34. The lowest BCUT2D eigenvalue weighted by atomic mass is 9.96. The fraction of sp³-hybridized carbons (Fsp3) is 0.375. The van der Waals surface area contributed by atoms with Crippen molar-refractivity contribution >= 4 is 38.6 Å². The van der Waals surface area contributed by atoms with Gasteiger partial charge in [-0.25, -0.2) is 4.79 Å². The maximum atomic E-state index is 12.1. The van der Waals surface area contributed by atoms with Gasteiger partial charge in [-0.1, -0.05) is 31.4 Å². The normalized spacial score (nSPS) is 15.9. The SMILES string of the molecule is O=C(Nc1cccc2cc(Br)cnc12)NC1CCCCC1. The molecule has 0 bridgehead atoms. The first-order chi connectivity index (χ1) is 10.2. The zero-order chi connectivity index (χ0) is 14.7. The maximum Gasteiger partial charge on any atom is 0.319 e. The van der Waals surface area contributed by atoms with E-state index in [-0.39, 0.29) is 6.03 Å². The van der Waals surface area contributed by atoms with Crippen molar-refractivity contribution in [2.75, 3.05) is 5.32 Å². The molecule has 0 spiro atoms. The number of anilines is 1. The lowest BCUT2D eigenvalue weighted by Crippen LogP contribution is -2.39. The standard InChI is InChI=1S/C16H18BrN3O/c17-12-9-11-5-4-8-14(15(11)18-10-12)20-16(21)19-13-6-2-1-3-7-13/h4-5,8-10,13H,1-3,6-7H2,(H2,19,20,21). The van der Waals surface area contributed by atoms with E-state index in [0.29, 0.717) is 6.04 Å². The van der Waals surface area contributed by atoms with E-state index in [1.54, 1.807) is 6.20 Å². The van der Waals surface area contributed by atoms with Crippen molar-refractivity contribution in [3.05, 3.63) is 34.9 Å². The van der Waals surface area contributed by atoms with Crippen molar-refractivity contribution in [3.63, 3.8) is 0 Å². The Kier molecular flexibility index (Phi) is 4.39. The zero-order valence-corrected chi connectivity index (χ0v) is 13.3. The number of urea groups is 1. The average molecular weight is 348 g/mol. The van der Waals surface area contributed by atoms with Crippen LogP contribution in [0.5, 0.6) is 0 Å². The maximum absolute atomic E-state index is 12.1. The molecule has 0 radical (unpaired) electrons. The molecule has 3 rings (SSSR count). The van der Waals surface area contributed by atoms with Gasteiger partial charge in [-0.15, -0.1) is 0 Å². The number of hydrogen-bond acceptors (Lipinski definition) is 2. The lowest BCUT2D eigenvalue weighted by molar-refractivity contribution is 0.244. The second kappa shape index (κ2) is 6.43. The predicted octanol–water partition coefficient (Wildman–Crippen LogP) is 4.45. The number of amides is 2. The van der Waals surface area contributed by atoms with E-state index < -0.39 is 0 Å². The Labute approximate surface area is 132 Å². The highest BCUT2D eigenvalue weighted by atomic mass is 79.9. The van der Waals surface area contributed by atoms with Crippen molar-refractivity contribution in [3.8, 4) is 0 Å². The van der Waals surface area contributed by atoms with E-state index in [2.05, 4.69) is 31.5 Å². The van der Waals surface area contributed by atoms with Crippen LogP contribution in [0.3, 0.4) is 0 Å². The van der Waals surface area contributed by atoms with Crippen LogP contribution in [-0.2, 0) is 0 Å². The largest absolute Gasteiger partial charge is 0.335 e. The molecule has 5 heteroatoms. The van der Waals surface area contributed by atoms with Crippen LogP contribution in [0.25, 0.3) is 10.9 Å². The minimum atomic E-state index is -0.140. The number of halogens is 1. The monoisotopic (exact) mass is 347 g/mol. The van der Waals surface area contributed by atoms with Gasteiger partial charge in [0, 0.05) is 22.1 Å². The average Bonchev–Trinajstić information content (AvgIpc) is 2.48. The molecule has 0 saturated heterocycles. The molecular weight excluding hydrogens is 330 g/mol. The van der Waals surface area contributed by atoms with Crippen molar-refractivity contribution in [1.82, 2.24) is 10.3 Å². The molecule has 1 saturated carbocycles. The second-order valence-corrected chi connectivity index (χ2v) is 6.38. The van der Waals surface area contributed by atoms with Gasteiger partial charge >= 0.3 is 6.03 Å². The van der Waals surface area contributed by atoms with Crippen molar-refractivity contribution in [2.45, 2.75) is 38.1 Å². The quantitative estimate of drug-likeness (QED) is 0.842. The molecule has 1 aromatic carbocycles. The van der Waals surface area contributed by atoms with Gasteiger partial charge in [-0.2, -0.15) is 0 Å². The van der Waals surface area contributed by atoms with Gasteiger partial charge in [0.2, 0.25) is 0 Å². The van der Waals surface area contributed by atoms with Gasteiger partial charge in [0.25, 0.3) is 0 Å². The summed E-state index contributed by atoms with van der Waals surface area (Å²) in [6.45, 7) is 0. The Balaban J connectivity index is 1.73. The summed E-state index contributed by atoms with van der Waals surface area (Å²) < 4.78 is 0.929. The minimum Gasteiger partial charge on any atom is -0.335 e. The molecule has 1 aliphatic rings. The smallest absolute Gasteiger partial charge is 0.319 e. The molecule has 1 aromatic heterocycles. The fourth-order valence-electron chi connectivity index (χ4n) is 2.83. The van der Waals surface area contributed by atoms with Crippen LogP contribution in [-0.4, -0.2) is 17.1 Å². The number of para-hydroxylation sites is 1. The fourth-order valence-corrected chi connectivity index (χ4v) is 3.17. The van der Waals surface area contributed by atoms with Crippen LogP contribution < -0.4 is 10.6 Å². The summed E-state index contributed by atoms with van der Waals surface area (Å²) in [5.41, 5.74) is 1.55. The number of pyridine rings is 1. The summed E-state index contributed by atoms with van der Waals surface area (Å²) >= 11 is 3.41. The zero-order valence-electron chi connectivity index (χ0n) is 11.7. The number of fused-ring (bicyclic) bond motifs is 1. The van der Waals surface area contributed by atoms with Crippen molar-refractivity contribution in [2.24, 2.45) is 0 Å². The molecule has 0 aliphatic heterocycles. The Morgan fingerprint density at radius 1 is 1.24 bits per heavy atom. The molecule has 110 valence electrons. The summed E-state index contributed by atoms with van der Waals surface area (Å²) in [5, 5.41) is 6.98. The Morgan fingerprint density at radius 3 is 2.86 bits per heavy atom. The molecule has 1 heterocycles. The van der Waals surface area contributed by atoms with Crippen LogP contribution >= 0.6 is 15.9 Å². The molecule has 0 atom stereocenters. The molecule has 1 fully saturated rings. The third-order valence-corrected chi connectivity index (χ3v) is 4.30. The summed E-state index contributed by atoms with van der Waals surface area (Å²) in [6.07, 6.45) is 7.58. The number of aromatic nitrogens is 1. The molecule has 2 amide bonds. The molecule has 4 nitrogen and oxygen atoms in total. The number of nitrogens with one attached hydrogen (secondary N) is 2. The van der Waals surface area contributed by atoms with Crippen LogP contribution in [0.2, 0.25) is 0 Å². The summed E-state index contributed by atoms with van der Waals surface area (Å²) in [7, 11) is 0. The lowest BCUT2D eigenvalue weighted by Gasteiger charge is -2.23. The van der Waals surface area contributed by atoms with Gasteiger partial charge in [-0.05, 0) is 40.9 Å². The Hall–Kier alpha value is -1.62. The second-order valence-electron chi connectivity index (χ2n) is 5.46. The molecule has 21 heavy (non-hydrogen) atoms. The van der Waals surface area contributed by atoms with Gasteiger partial charge in [0.05, 0.1) is 11.2 Å². The van der Waals surface area contributed by atoms with Crippen LogP contribution in [0, 0.1) is 0 Å². The van der Waals surface area contributed by atoms with E-state index >= 15 is 0 Å². The van der Waals surface area contributed by atoms with Crippen molar-refractivity contribution < 1.29 is 4.79 Å². The first kappa shape index (κ1) is 14.3. The van der Waals surface area contributed by atoms with E-state index in [1.165, 1.54) is 19.3 Å². The Morgan fingerprint density at radius 2 is 2.05 bits per heavy atom. The van der Waals surface area contributed by atoms with Gasteiger partial charge < -0.3 is 10.6 Å². The summed E-state index contributed by atoms with van der Waals surface area (Å²) in [5.74, 6) is 0. The Bertz CT molecular complexity index is 653. The van der Waals surface area contributed by atoms with Crippen LogP contribution in [0.4, 0.5) is 10.5 Å². The summed E-state index contributed by atoms with van der Waals surface area (Å²) in [4.78, 5) is 16.5.